The summed E-state index contributed by atoms with van der Waals surface area (Å²) in [6.07, 6.45) is 6.11. The number of carbonyl (C=O) groups excluding carboxylic acids is 2. The van der Waals surface area contributed by atoms with Crippen molar-refractivity contribution in [1.29, 1.82) is 5.26 Å². The lowest BCUT2D eigenvalue weighted by atomic mass is 10.1. The first kappa shape index (κ1) is 18.9. The zero-order chi connectivity index (χ0) is 16.3. The van der Waals surface area contributed by atoms with Crippen molar-refractivity contribution in [2.45, 2.75) is 25.8 Å². The highest BCUT2D eigenvalue weighted by atomic mass is 16.2. The number of amides is 2. The summed E-state index contributed by atoms with van der Waals surface area (Å²) in [7, 11) is 5.34. The number of nitrogens with zero attached hydrogens (tertiary/aromatic N) is 2. The van der Waals surface area contributed by atoms with E-state index >= 15 is 0 Å². The molecule has 1 unspecified atom stereocenters. The van der Waals surface area contributed by atoms with Crippen LogP contribution in [-0.4, -0.2) is 50.4 Å². The van der Waals surface area contributed by atoms with E-state index in [0.29, 0.717) is 19.4 Å². The summed E-state index contributed by atoms with van der Waals surface area (Å²) in [6.45, 7) is 2.60. The largest absolute Gasteiger partial charge is 0.354 e. The second-order valence-corrected chi connectivity index (χ2v) is 4.96. The highest BCUT2D eigenvalue weighted by Crippen LogP contribution is 2.02. The summed E-state index contributed by atoms with van der Waals surface area (Å²) in [5.41, 5.74) is 0.0990. The SMILES string of the molecule is CNC(=O)/C(C#N)=C/CCC(C)NC(=O)/C=C/CN(C)C. The lowest BCUT2D eigenvalue weighted by Gasteiger charge is -2.11. The van der Waals surface area contributed by atoms with Crippen LogP contribution in [0.5, 0.6) is 0 Å². The molecule has 0 aromatic rings. The number of hydrogen-bond donors (Lipinski definition) is 2. The molecule has 0 saturated carbocycles. The Morgan fingerprint density at radius 1 is 1.38 bits per heavy atom. The lowest BCUT2D eigenvalue weighted by molar-refractivity contribution is -0.117. The Kier molecular flexibility index (Phi) is 9.55. The van der Waals surface area contributed by atoms with E-state index in [2.05, 4.69) is 10.6 Å². The van der Waals surface area contributed by atoms with Crippen LogP contribution in [0.25, 0.3) is 0 Å². The summed E-state index contributed by atoms with van der Waals surface area (Å²) in [5.74, 6) is -0.527. The normalized spacial score (nSPS) is 13.0. The Bertz CT molecular complexity index is 447. The van der Waals surface area contributed by atoms with Crippen molar-refractivity contribution in [1.82, 2.24) is 15.5 Å². The molecule has 1 atom stereocenters. The zero-order valence-corrected chi connectivity index (χ0v) is 13.1. The Hall–Kier alpha value is -2.13. The first-order chi connectivity index (χ1) is 9.90. The molecular formula is C15H24N4O2. The van der Waals surface area contributed by atoms with Crippen LogP contribution >= 0.6 is 0 Å². The smallest absolute Gasteiger partial charge is 0.261 e. The third kappa shape index (κ3) is 9.41. The molecule has 2 N–H and O–H groups in total. The van der Waals surface area contributed by atoms with Crippen molar-refractivity contribution in [2.75, 3.05) is 27.7 Å². The molecule has 116 valence electrons. The van der Waals surface area contributed by atoms with Crippen LogP contribution in [0.4, 0.5) is 0 Å². The average molecular weight is 292 g/mol. The van der Waals surface area contributed by atoms with Crippen molar-refractivity contribution >= 4 is 11.8 Å². The predicted molar refractivity (Wildman–Crippen MR) is 82.3 cm³/mol. The van der Waals surface area contributed by atoms with Crippen LogP contribution in [0.2, 0.25) is 0 Å². The minimum Gasteiger partial charge on any atom is -0.354 e. The minimum absolute atomic E-state index is 0.0256. The monoisotopic (exact) mass is 292 g/mol. The molecule has 2 amide bonds. The molecule has 21 heavy (non-hydrogen) atoms. The summed E-state index contributed by atoms with van der Waals surface area (Å²) >= 11 is 0. The summed E-state index contributed by atoms with van der Waals surface area (Å²) in [5, 5.41) is 14.1. The van der Waals surface area contributed by atoms with Crippen LogP contribution < -0.4 is 10.6 Å². The van der Waals surface area contributed by atoms with Gasteiger partial charge in [-0.2, -0.15) is 5.26 Å². The molecule has 0 aromatic heterocycles. The zero-order valence-electron chi connectivity index (χ0n) is 13.1. The number of likely N-dealkylation sites (N-methyl/N-ethyl adjacent to an activating group) is 2. The first-order valence-corrected chi connectivity index (χ1v) is 6.84. The van der Waals surface area contributed by atoms with Gasteiger partial charge in [-0.25, -0.2) is 0 Å². The fourth-order valence-electron chi connectivity index (χ4n) is 1.54. The lowest BCUT2D eigenvalue weighted by Crippen LogP contribution is -2.31. The van der Waals surface area contributed by atoms with Gasteiger partial charge in [-0.15, -0.1) is 0 Å². The van der Waals surface area contributed by atoms with E-state index in [0.717, 1.165) is 0 Å². The van der Waals surface area contributed by atoms with Crippen molar-refractivity contribution in [2.24, 2.45) is 0 Å². The molecule has 0 aliphatic carbocycles. The van der Waals surface area contributed by atoms with Crippen molar-refractivity contribution < 1.29 is 9.59 Å². The third-order valence-corrected chi connectivity index (χ3v) is 2.67. The van der Waals surface area contributed by atoms with Crippen molar-refractivity contribution in [3.8, 4) is 6.07 Å². The number of hydrogen-bond acceptors (Lipinski definition) is 4. The van der Waals surface area contributed by atoms with E-state index in [-0.39, 0.29) is 23.4 Å². The second-order valence-electron chi connectivity index (χ2n) is 4.96. The van der Waals surface area contributed by atoms with E-state index in [9.17, 15) is 9.59 Å². The number of nitriles is 1. The summed E-state index contributed by atoms with van der Waals surface area (Å²) < 4.78 is 0. The second kappa shape index (κ2) is 10.6. The highest BCUT2D eigenvalue weighted by molar-refractivity contribution is 5.96. The van der Waals surface area contributed by atoms with E-state index in [1.165, 1.54) is 13.1 Å². The van der Waals surface area contributed by atoms with Gasteiger partial charge in [-0.1, -0.05) is 12.2 Å². The molecule has 0 saturated heterocycles. The van der Waals surface area contributed by atoms with Crippen LogP contribution in [0, 0.1) is 11.3 Å². The molecule has 0 aliphatic rings. The molecule has 0 heterocycles. The topological polar surface area (TPSA) is 85.2 Å². The van der Waals surface area contributed by atoms with Crippen LogP contribution in [0.3, 0.4) is 0 Å². The Balaban J connectivity index is 4.16. The molecule has 0 bridgehead atoms. The summed E-state index contributed by atoms with van der Waals surface area (Å²) in [4.78, 5) is 24.8. The average Bonchev–Trinajstić information content (AvgIpc) is 2.42. The van der Waals surface area contributed by atoms with Crippen molar-refractivity contribution in [3.05, 3.63) is 23.8 Å². The van der Waals surface area contributed by atoms with Crippen LogP contribution in [0.1, 0.15) is 19.8 Å². The number of rotatable bonds is 8. The quantitative estimate of drug-likeness (QED) is 0.506. The first-order valence-electron chi connectivity index (χ1n) is 6.84. The maximum absolute atomic E-state index is 11.6. The molecule has 6 heteroatoms. The molecular weight excluding hydrogens is 268 g/mol. The molecule has 0 radical (unpaired) electrons. The van der Waals surface area contributed by atoms with Crippen molar-refractivity contribution in [3.63, 3.8) is 0 Å². The van der Waals surface area contributed by atoms with E-state index < -0.39 is 0 Å². The standard InChI is InChI=1S/C15H24N4O2/c1-12(18-14(20)9-6-10-19(3)4)7-5-8-13(11-16)15(21)17-2/h6,8-9,12H,5,7,10H2,1-4H3,(H,17,21)(H,18,20)/b9-6+,13-8+. The van der Waals surface area contributed by atoms with Gasteiger partial charge >= 0.3 is 0 Å². The van der Waals surface area contributed by atoms with Crippen LogP contribution in [0.15, 0.2) is 23.8 Å². The highest BCUT2D eigenvalue weighted by Gasteiger charge is 2.07. The van der Waals surface area contributed by atoms with Gasteiger partial charge in [-0.05, 0) is 33.9 Å². The maximum atomic E-state index is 11.6. The molecule has 0 fully saturated rings. The van der Waals surface area contributed by atoms with E-state index in [1.807, 2.05) is 32.0 Å². The third-order valence-electron chi connectivity index (χ3n) is 2.67. The van der Waals surface area contributed by atoms with E-state index in [1.54, 1.807) is 12.2 Å². The minimum atomic E-state index is -0.388. The van der Waals surface area contributed by atoms with Gasteiger partial charge in [0.05, 0.1) is 0 Å². The Labute approximate surface area is 126 Å². The fourth-order valence-corrected chi connectivity index (χ4v) is 1.54. The predicted octanol–water partition coefficient (Wildman–Crippen LogP) is 0.585. The molecule has 0 aliphatic heterocycles. The molecule has 0 spiro atoms. The number of nitrogens with one attached hydrogen (secondary N) is 2. The number of allylic oxidation sites excluding steroid dienone is 1. The van der Waals surface area contributed by atoms with Crippen LogP contribution in [-0.2, 0) is 9.59 Å². The van der Waals surface area contributed by atoms with Gasteiger partial charge < -0.3 is 15.5 Å². The fraction of sp³-hybridized carbons (Fsp3) is 0.533. The van der Waals surface area contributed by atoms with Gasteiger partial charge in [0.15, 0.2) is 0 Å². The summed E-state index contributed by atoms with van der Waals surface area (Å²) in [6, 6.07) is 1.83. The molecule has 6 nitrogen and oxygen atoms in total. The molecule has 0 aromatic carbocycles. The van der Waals surface area contributed by atoms with E-state index in [4.69, 9.17) is 5.26 Å². The van der Waals surface area contributed by atoms with Gasteiger partial charge in [0, 0.05) is 25.7 Å². The Morgan fingerprint density at radius 3 is 2.57 bits per heavy atom. The maximum Gasteiger partial charge on any atom is 0.261 e. The Morgan fingerprint density at radius 2 is 2.05 bits per heavy atom. The molecule has 0 rings (SSSR count). The van der Waals surface area contributed by atoms with Gasteiger partial charge in [0.25, 0.3) is 5.91 Å². The van der Waals surface area contributed by atoms with Gasteiger partial charge in [-0.3, -0.25) is 9.59 Å². The number of carbonyl (C=O) groups is 2. The van der Waals surface area contributed by atoms with Gasteiger partial charge in [0.1, 0.15) is 11.6 Å². The van der Waals surface area contributed by atoms with Gasteiger partial charge in [0.2, 0.25) is 5.91 Å².